The first-order chi connectivity index (χ1) is 54.5. The van der Waals surface area contributed by atoms with Gasteiger partial charge in [-0.05, 0) is 141 Å². The van der Waals surface area contributed by atoms with E-state index in [1.807, 2.05) is 28.7 Å². The maximum Gasteiger partial charge on any atom is 0.343 e. The second-order valence-corrected chi connectivity index (χ2v) is 39.2. The fourth-order valence-corrected chi connectivity index (χ4v) is 25.3. The lowest BCUT2D eigenvalue weighted by Crippen LogP contribution is -2.34. The van der Waals surface area contributed by atoms with Crippen LogP contribution < -0.4 is 41.3 Å². The summed E-state index contributed by atoms with van der Waals surface area (Å²) < 4.78 is 155. The molecular formula is C80H84F4N8O18S4. The highest BCUT2D eigenvalue weighted by atomic mass is 32.2. The van der Waals surface area contributed by atoms with Gasteiger partial charge in [0.05, 0.1) is 92.5 Å². The maximum absolute atomic E-state index is 15.4. The summed E-state index contributed by atoms with van der Waals surface area (Å²) in [7, 11) is -9.27. The molecule has 604 valence electrons. The number of halogens is 4. The number of aromatic nitrogens is 4. The number of hydrogen-bond acceptors (Lipinski definition) is 20. The average molecular weight is 1650 g/mol. The van der Waals surface area contributed by atoms with Crippen LogP contribution in [0.25, 0.3) is 43.6 Å². The number of carboxylic acids is 2. The Morgan fingerprint density at radius 2 is 0.667 bits per heavy atom. The van der Waals surface area contributed by atoms with Crippen molar-refractivity contribution in [3.63, 3.8) is 0 Å². The number of esters is 2. The van der Waals surface area contributed by atoms with Crippen LogP contribution in [0.1, 0.15) is 204 Å². The zero-order chi connectivity index (χ0) is 80.2. The van der Waals surface area contributed by atoms with E-state index in [4.69, 9.17) is 9.47 Å². The Hall–Kier alpha value is -9.28. The number of ether oxygens (including phenoxy) is 2. The molecule has 4 aromatic heterocycles. The van der Waals surface area contributed by atoms with Crippen molar-refractivity contribution < 1.29 is 81.7 Å². The molecular weight excluding hydrogens is 1570 g/mol. The molecule has 0 amide bonds. The summed E-state index contributed by atoms with van der Waals surface area (Å²) in [5.74, 6) is -5.67. The Morgan fingerprint density at radius 3 is 0.956 bits per heavy atom. The number of sulfone groups is 2. The van der Waals surface area contributed by atoms with Crippen LogP contribution in [0, 0.1) is 23.3 Å². The number of rotatable bonds is 10. The number of pyridine rings is 4. The quantitative estimate of drug-likeness (QED) is 0.0949. The monoisotopic (exact) mass is 1650 g/mol. The van der Waals surface area contributed by atoms with Gasteiger partial charge in [0.1, 0.15) is 45.5 Å². The van der Waals surface area contributed by atoms with Gasteiger partial charge in [0.25, 0.3) is 0 Å². The summed E-state index contributed by atoms with van der Waals surface area (Å²) in [6.07, 6.45) is 19.3. The zero-order valence-corrected chi connectivity index (χ0v) is 65.9. The Labute approximate surface area is 655 Å². The number of aromatic carboxylic acids is 2. The molecule has 4 aromatic carbocycles. The van der Waals surface area contributed by atoms with E-state index in [0.717, 1.165) is 103 Å². The van der Waals surface area contributed by atoms with Crippen molar-refractivity contribution in [3.05, 3.63) is 158 Å². The lowest BCUT2D eigenvalue weighted by molar-refractivity contribution is 0.0514. The second-order valence-electron chi connectivity index (χ2n) is 32.0. The van der Waals surface area contributed by atoms with E-state index in [9.17, 15) is 73.8 Å². The third-order valence-corrected chi connectivity index (χ3v) is 30.2. The van der Waals surface area contributed by atoms with Gasteiger partial charge in [-0.25, -0.2) is 53.6 Å². The van der Waals surface area contributed by atoms with Crippen molar-refractivity contribution in [3.8, 4) is 0 Å². The number of anilines is 4. The van der Waals surface area contributed by atoms with Gasteiger partial charge in [-0.2, -0.15) is 0 Å². The van der Waals surface area contributed by atoms with Gasteiger partial charge in [0.15, 0.2) is 19.7 Å². The molecule has 4 saturated heterocycles. The molecule has 4 saturated carbocycles. The van der Waals surface area contributed by atoms with E-state index >= 15 is 17.6 Å². The molecule has 8 aromatic rings. The van der Waals surface area contributed by atoms with Crippen LogP contribution in [0.5, 0.6) is 0 Å². The van der Waals surface area contributed by atoms with Gasteiger partial charge >= 0.3 is 23.9 Å². The van der Waals surface area contributed by atoms with E-state index in [1.165, 1.54) is 36.8 Å². The molecule has 0 bridgehead atoms. The van der Waals surface area contributed by atoms with Crippen LogP contribution in [-0.2, 0) is 73.8 Å². The first kappa shape index (κ1) is 77.3. The van der Waals surface area contributed by atoms with Gasteiger partial charge < -0.3 is 57.6 Å². The van der Waals surface area contributed by atoms with Crippen molar-refractivity contribution in [1.29, 1.82) is 0 Å². The van der Waals surface area contributed by atoms with E-state index < -0.39 is 116 Å². The molecule has 114 heavy (non-hydrogen) atoms. The topological polar surface area (TPSA) is 331 Å². The predicted octanol–water partition coefficient (Wildman–Crippen LogP) is 9.91. The molecule has 12 heterocycles. The normalized spacial score (nSPS) is 23.5. The molecule has 6 unspecified atom stereocenters. The third kappa shape index (κ3) is 13.9. The first-order valence-corrected chi connectivity index (χ1v) is 45.7. The average Bonchev–Trinajstić information content (AvgIpc) is 1.47. The highest BCUT2D eigenvalue weighted by molar-refractivity contribution is 7.91. The highest BCUT2D eigenvalue weighted by Gasteiger charge is 2.45. The Bertz CT molecular complexity index is 6070. The number of fused-ring (bicyclic) bond motifs is 20. The van der Waals surface area contributed by atoms with Gasteiger partial charge in [0.2, 0.25) is 21.7 Å². The molecule has 0 spiro atoms. The van der Waals surface area contributed by atoms with Crippen LogP contribution in [0.3, 0.4) is 0 Å². The Kier molecular flexibility index (Phi) is 20.0. The van der Waals surface area contributed by atoms with E-state index in [1.54, 1.807) is 29.2 Å². The highest BCUT2D eigenvalue weighted by Crippen LogP contribution is 2.49. The largest absolute Gasteiger partial charge is 0.477 e. The summed E-state index contributed by atoms with van der Waals surface area (Å²) in [4.78, 5) is 107. The molecule has 8 aliphatic heterocycles. The first-order valence-electron chi connectivity index (χ1n) is 39.1. The van der Waals surface area contributed by atoms with Crippen LogP contribution in [0.15, 0.2) is 68.2 Å². The smallest absolute Gasteiger partial charge is 0.343 e. The minimum absolute atomic E-state index is 0.00362. The molecule has 12 aliphatic rings. The summed E-state index contributed by atoms with van der Waals surface area (Å²) in [6.45, 7) is 6.19. The molecule has 4 aliphatic carbocycles. The van der Waals surface area contributed by atoms with E-state index in [-0.39, 0.29) is 140 Å². The summed E-state index contributed by atoms with van der Waals surface area (Å²) in [5.41, 5.74) is 1.76. The summed E-state index contributed by atoms with van der Waals surface area (Å²) in [5, 5.41) is 19.0. The van der Waals surface area contributed by atoms with E-state index in [2.05, 4.69) is 0 Å². The zero-order valence-electron chi connectivity index (χ0n) is 62.6. The predicted molar refractivity (Wildman–Crippen MR) is 421 cm³/mol. The Balaban J connectivity index is 0.000000110. The molecule has 0 radical (unpaired) electrons. The van der Waals surface area contributed by atoms with Gasteiger partial charge in [-0.15, -0.1) is 0 Å². The molecule has 20 rings (SSSR count). The molecule has 6 atom stereocenters. The number of hydrogen-bond donors (Lipinski definition) is 2. The number of carboxylic acid groups (broad SMARTS) is 2. The lowest BCUT2D eigenvalue weighted by Gasteiger charge is -2.27. The van der Waals surface area contributed by atoms with Gasteiger partial charge in [-0.3, -0.25) is 27.6 Å². The summed E-state index contributed by atoms with van der Waals surface area (Å²) >= 11 is 0. The molecule has 34 heteroatoms. The third-order valence-electron chi connectivity index (χ3n) is 24.2. The van der Waals surface area contributed by atoms with Crippen molar-refractivity contribution >= 4 is 132 Å². The minimum atomic E-state index is -3.50. The van der Waals surface area contributed by atoms with Crippen LogP contribution >= 0.6 is 0 Å². The van der Waals surface area contributed by atoms with Gasteiger partial charge in [0, 0.05) is 176 Å². The lowest BCUT2D eigenvalue weighted by atomic mass is 10.0. The second kappa shape index (κ2) is 29.5. The SMILES string of the molecule is CCOC(=O)c1cn(C2CC2)c2c3c(c(F)cc2c1=O)N1CCCC1CS(=O)(=O)C3.CCOC(=O)c1cn(C2CC2)c2c3c(c(F)cc2c1=O)N1CCCC1CS(=O)C3.O=C(O)c1cn(C2CC2)c2c3c(c(F)cc2c1=O)N1CCCC1CS(=O)(=O)C3.O=C(O)c1cn(C2CC2)c2c3c(c(F)cc2c1=O)N1CCCC1CS(=O)C3. The van der Waals surface area contributed by atoms with Crippen molar-refractivity contribution in [1.82, 2.24) is 18.3 Å². The number of carbonyl (C=O) groups is 4. The maximum atomic E-state index is 15.4. The fourth-order valence-electron chi connectivity index (χ4n) is 18.8. The Morgan fingerprint density at radius 1 is 0.404 bits per heavy atom. The van der Waals surface area contributed by atoms with Crippen LogP contribution in [0.2, 0.25) is 0 Å². The van der Waals surface area contributed by atoms with Crippen LogP contribution in [0.4, 0.5) is 40.3 Å². The standard InChI is InChI=1S/C21H23FN2O5S.C21H23FN2O4S.C19H19FN2O5S.C19H19FN2O4S/c1-2-29-21(26)15-9-24(12-5-6-12)18-14(20(15)25)8-17(22)19-16(18)11-30(27,28)10-13-4-3-7-23(13)19;1-2-28-21(26)15-9-24(12-5-6-12)18-14(20(15)25)8-17(22)19-16(18)11-29(27)10-13-4-3-7-23(13)19;20-15-6-12-16(22(10-3-4-10)7-13(18(12)23)19(24)25)14-9-28(26,27)8-11-2-1-5-21(11)17(14)15;20-15-6-12-16(22(10-3-4-10)7-13(18(12)23)19(24)25)14-9-27(26)8-11-2-1-5-21(11)17(14)15/h8-9,12-13H,2-7,10-11H2,1H3;8-9,12-13H,2-7,10-11H2,1H3;6-7,10-11H,1-5,8-9H2,(H,24,25);6-7,10-11H,1-5,8-9H2,(H,24,25). The van der Waals surface area contributed by atoms with Crippen molar-refractivity contribution in [2.75, 3.05) is 82.0 Å². The van der Waals surface area contributed by atoms with Gasteiger partial charge in [-0.1, -0.05) is 0 Å². The molecule has 26 nitrogen and oxygen atoms in total. The molecule has 8 fully saturated rings. The number of nitrogens with zero attached hydrogens (tertiary/aromatic N) is 8. The van der Waals surface area contributed by atoms with Crippen LogP contribution in [-0.4, -0.2) is 164 Å². The molecule has 2 N–H and O–H groups in total. The van der Waals surface area contributed by atoms with E-state index in [0.29, 0.717) is 105 Å². The minimum Gasteiger partial charge on any atom is -0.477 e. The summed E-state index contributed by atoms with van der Waals surface area (Å²) in [6, 6.07) is 4.64. The van der Waals surface area contributed by atoms with Crippen molar-refractivity contribution in [2.24, 2.45) is 0 Å². The number of carbonyl (C=O) groups excluding carboxylic acids is 2. The van der Waals surface area contributed by atoms with Crippen molar-refractivity contribution in [2.45, 2.75) is 188 Å². The fraction of sp³-hybridized carbons (Fsp3) is 0.500. The number of benzene rings is 4.